The molecule has 1 heterocycles. The van der Waals surface area contributed by atoms with Crippen molar-refractivity contribution in [1.82, 2.24) is 14.8 Å². The number of nitrogens with zero attached hydrogens (tertiary/aromatic N) is 3. The number of aromatic nitrogens is 1. The predicted octanol–water partition coefficient (Wildman–Crippen LogP) is 2.89. The summed E-state index contributed by atoms with van der Waals surface area (Å²) in [5, 5.41) is 6.69. The summed E-state index contributed by atoms with van der Waals surface area (Å²) >= 11 is 6.03. The topological polar surface area (TPSA) is 61.7 Å². The van der Waals surface area contributed by atoms with Crippen LogP contribution in [0.3, 0.4) is 0 Å². The van der Waals surface area contributed by atoms with E-state index in [4.69, 9.17) is 11.6 Å². The van der Waals surface area contributed by atoms with Gasteiger partial charge in [-0.3, -0.25) is 9.79 Å². The standard InChI is InChI=1S/C19H26ClN5O/c1-5-14-7-6-8-16(9-14)23-18(26)11-22-19(21-2)25(4)13-17-10-15(20)12-24(17)3/h6-10,12H,5,11,13H2,1-4H3,(H,21,22)(H,23,26). The van der Waals surface area contributed by atoms with Crippen LogP contribution in [-0.4, -0.2) is 42.0 Å². The van der Waals surface area contributed by atoms with E-state index in [2.05, 4.69) is 22.5 Å². The van der Waals surface area contributed by atoms with E-state index in [0.717, 1.165) is 17.8 Å². The lowest BCUT2D eigenvalue weighted by Gasteiger charge is -2.22. The van der Waals surface area contributed by atoms with Gasteiger partial charge in [-0.1, -0.05) is 30.7 Å². The molecule has 140 valence electrons. The Labute approximate surface area is 159 Å². The first-order chi connectivity index (χ1) is 12.4. The van der Waals surface area contributed by atoms with Crippen LogP contribution in [0.2, 0.25) is 5.02 Å². The molecule has 0 bridgehead atoms. The average molecular weight is 376 g/mol. The number of rotatable bonds is 6. The quantitative estimate of drug-likeness (QED) is 0.602. The summed E-state index contributed by atoms with van der Waals surface area (Å²) in [6, 6.07) is 9.77. The van der Waals surface area contributed by atoms with Gasteiger partial charge in [0.25, 0.3) is 0 Å². The Morgan fingerprint density at radius 2 is 2.12 bits per heavy atom. The van der Waals surface area contributed by atoms with E-state index in [-0.39, 0.29) is 12.5 Å². The number of hydrogen-bond acceptors (Lipinski definition) is 2. The lowest BCUT2D eigenvalue weighted by molar-refractivity contribution is -0.115. The monoisotopic (exact) mass is 375 g/mol. The molecule has 2 rings (SSSR count). The van der Waals surface area contributed by atoms with Crippen LogP contribution in [0, 0.1) is 0 Å². The molecule has 2 N–H and O–H groups in total. The summed E-state index contributed by atoms with van der Waals surface area (Å²) in [7, 11) is 5.56. The first kappa shape index (κ1) is 19.8. The maximum Gasteiger partial charge on any atom is 0.243 e. The zero-order chi connectivity index (χ0) is 19.1. The lowest BCUT2D eigenvalue weighted by atomic mass is 10.1. The fourth-order valence-corrected chi connectivity index (χ4v) is 2.93. The molecule has 0 saturated carbocycles. The number of aliphatic imine (C=N–C) groups is 1. The summed E-state index contributed by atoms with van der Waals surface area (Å²) in [5.74, 6) is 0.523. The fraction of sp³-hybridized carbons (Fsp3) is 0.368. The number of hydrogen-bond donors (Lipinski definition) is 2. The molecular weight excluding hydrogens is 350 g/mol. The molecule has 26 heavy (non-hydrogen) atoms. The molecule has 0 radical (unpaired) electrons. The van der Waals surface area contributed by atoms with Gasteiger partial charge < -0.3 is 20.1 Å². The summed E-state index contributed by atoms with van der Waals surface area (Å²) < 4.78 is 1.97. The zero-order valence-corrected chi connectivity index (χ0v) is 16.5. The fourth-order valence-electron chi connectivity index (χ4n) is 2.66. The van der Waals surface area contributed by atoms with E-state index in [1.54, 1.807) is 7.05 Å². The van der Waals surface area contributed by atoms with Gasteiger partial charge in [0.15, 0.2) is 5.96 Å². The number of benzene rings is 1. The molecule has 0 aliphatic carbocycles. The van der Waals surface area contributed by atoms with Gasteiger partial charge in [-0.15, -0.1) is 0 Å². The summed E-state index contributed by atoms with van der Waals surface area (Å²) in [4.78, 5) is 18.4. The predicted molar refractivity (Wildman–Crippen MR) is 108 cm³/mol. The number of carbonyl (C=O) groups excluding carboxylic acids is 1. The van der Waals surface area contributed by atoms with Gasteiger partial charge in [0.2, 0.25) is 5.91 Å². The average Bonchev–Trinajstić information content (AvgIpc) is 2.92. The lowest BCUT2D eigenvalue weighted by Crippen LogP contribution is -2.42. The Morgan fingerprint density at radius 3 is 2.73 bits per heavy atom. The molecule has 0 aliphatic heterocycles. The van der Waals surface area contributed by atoms with Crippen molar-refractivity contribution in [3.05, 3.63) is 52.8 Å². The highest BCUT2D eigenvalue weighted by Crippen LogP contribution is 2.14. The first-order valence-electron chi connectivity index (χ1n) is 8.54. The van der Waals surface area contributed by atoms with Gasteiger partial charge in [-0.05, 0) is 30.2 Å². The van der Waals surface area contributed by atoms with Gasteiger partial charge in [-0.25, -0.2) is 0 Å². The highest BCUT2D eigenvalue weighted by molar-refractivity contribution is 6.30. The van der Waals surface area contributed by atoms with E-state index in [0.29, 0.717) is 17.5 Å². The number of nitrogens with one attached hydrogen (secondary N) is 2. The van der Waals surface area contributed by atoms with Gasteiger partial charge >= 0.3 is 0 Å². The molecular formula is C19H26ClN5O. The maximum absolute atomic E-state index is 12.2. The van der Waals surface area contributed by atoms with Crippen molar-refractivity contribution in [2.24, 2.45) is 12.0 Å². The maximum atomic E-state index is 12.2. The summed E-state index contributed by atoms with van der Waals surface area (Å²) in [5.41, 5.74) is 3.05. The van der Waals surface area contributed by atoms with Crippen LogP contribution in [0.15, 0.2) is 41.5 Å². The summed E-state index contributed by atoms with van der Waals surface area (Å²) in [6.45, 7) is 2.85. The number of halogens is 1. The van der Waals surface area contributed by atoms with Crippen LogP contribution in [0.25, 0.3) is 0 Å². The Morgan fingerprint density at radius 1 is 1.35 bits per heavy atom. The highest BCUT2D eigenvalue weighted by atomic mass is 35.5. The SMILES string of the molecule is CCc1cccc(NC(=O)CNC(=NC)N(C)Cc2cc(Cl)cn2C)c1. The van der Waals surface area contributed by atoms with E-state index in [9.17, 15) is 4.79 Å². The Kier molecular flexibility index (Phi) is 7.09. The number of amides is 1. The Balaban J connectivity index is 1.89. The minimum absolute atomic E-state index is 0.116. The van der Waals surface area contributed by atoms with Gasteiger partial charge in [-0.2, -0.15) is 0 Å². The molecule has 0 aliphatic rings. The smallest absolute Gasteiger partial charge is 0.243 e. The van der Waals surface area contributed by atoms with Crippen molar-refractivity contribution in [1.29, 1.82) is 0 Å². The second kappa shape index (κ2) is 9.29. The third-order valence-electron chi connectivity index (χ3n) is 4.07. The number of guanidine groups is 1. The van der Waals surface area contributed by atoms with Crippen LogP contribution in [-0.2, 0) is 24.8 Å². The van der Waals surface area contributed by atoms with E-state index in [1.165, 1.54) is 5.56 Å². The number of anilines is 1. The van der Waals surface area contributed by atoms with Crippen molar-refractivity contribution in [2.45, 2.75) is 19.9 Å². The normalized spacial score (nSPS) is 11.3. The second-order valence-corrected chi connectivity index (χ2v) is 6.56. The molecule has 2 aromatic rings. The van der Waals surface area contributed by atoms with Crippen molar-refractivity contribution >= 4 is 29.2 Å². The molecule has 0 unspecified atom stereocenters. The highest BCUT2D eigenvalue weighted by Gasteiger charge is 2.11. The number of carbonyl (C=O) groups is 1. The molecule has 0 fully saturated rings. The van der Waals surface area contributed by atoms with Crippen molar-refractivity contribution in [3.63, 3.8) is 0 Å². The Bertz CT molecular complexity index is 784. The van der Waals surface area contributed by atoms with Crippen LogP contribution in [0.1, 0.15) is 18.2 Å². The molecule has 1 aromatic heterocycles. The molecule has 1 amide bonds. The van der Waals surface area contributed by atoms with E-state index < -0.39 is 0 Å². The van der Waals surface area contributed by atoms with Gasteiger partial charge in [0.1, 0.15) is 0 Å². The van der Waals surface area contributed by atoms with Crippen LogP contribution >= 0.6 is 11.6 Å². The minimum Gasteiger partial charge on any atom is -0.351 e. The third kappa shape index (κ3) is 5.52. The van der Waals surface area contributed by atoms with Crippen LogP contribution in [0.4, 0.5) is 5.69 Å². The van der Waals surface area contributed by atoms with Crippen molar-refractivity contribution in [2.75, 3.05) is 26.0 Å². The molecule has 6 nitrogen and oxygen atoms in total. The third-order valence-corrected chi connectivity index (χ3v) is 4.28. The zero-order valence-electron chi connectivity index (χ0n) is 15.7. The largest absolute Gasteiger partial charge is 0.351 e. The molecule has 0 spiro atoms. The molecule has 7 heteroatoms. The molecule has 0 saturated heterocycles. The van der Waals surface area contributed by atoms with Crippen LogP contribution < -0.4 is 10.6 Å². The number of aryl methyl sites for hydroxylation is 2. The second-order valence-electron chi connectivity index (χ2n) is 6.12. The molecule has 0 atom stereocenters. The first-order valence-corrected chi connectivity index (χ1v) is 8.92. The van der Waals surface area contributed by atoms with Crippen molar-refractivity contribution in [3.8, 4) is 0 Å². The van der Waals surface area contributed by atoms with Gasteiger partial charge in [0.05, 0.1) is 18.1 Å². The van der Waals surface area contributed by atoms with E-state index in [1.807, 2.05) is 60.1 Å². The minimum atomic E-state index is -0.116. The van der Waals surface area contributed by atoms with Gasteiger partial charge in [0, 0.05) is 38.7 Å². The Hall–Kier alpha value is -2.47. The van der Waals surface area contributed by atoms with Crippen LogP contribution in [0.5, 0.6) is 0 Å². The van der Waals surface area contributed by atoms with E-state index >= 15 is 0 Å². The summed E-state index contributed by atoms with van der Waals surface area (Å²) in [6.07, 6.45) is 2.79. The molecule has 1 aromatic carbocycles. The van der Waals surface area contributed by atoms with Crippen molar-refractivity contribution < 1.29 is 4.79 Å².